The molecule has 0 radical (unpaired) electrons. The Morgan fingerprint density at radius 3 is 2.67 bits per heavy atom. The maximum Gasteiger partial charge on any atom is 0.126 e. The molecule has 68 valence electrons. The number of rotatable bonds is 3. The molecule has 3 nitrogen and oxygen atoms in total. The van der Waals surface area contributed by atoms with Gasteiger partial charge in [0.1, 0.15) is 11.6 Å². The van der Waals surface area contributed by atoms with Crippen LogP contribution in [0.5, 0.6) is 0 Å². The predicted molar refractivity (Wildman–Crippen MR) is 54.4 cm³/mol. The summed E-state index contributed by atoms with van der Waals surface area (Å²) >= 11 is 1.82. The van der Waals surface area contributed by atoms with Crippen LogP contribution in [0.1, 0.15) is 11.5 Å². The van der Waals surface area contributed by atoms with Crippen molar-refractivity contribution in [1.82, 2.24) is 9.55 Å². The van der Waals surface area contributed by atoms with Gasteiger partial charge in [0.25, 0.3) is 0 Å². The largest absolute Gasteiger partial charge is 0.384 e. The number of nitrogens with two attached hydrogens (primary N) is 1. The van der Waals surface area contributed by atoms with Gasteiger partial charge in [-0.05, 0) is 18.9 Å². The van der Waals surface area contributed by atoms with Crippen LogP contribution in [0.2, 0.25) is 0 Å². The molecule has 1 aromatic heterocycles. The van der Waals surface area contributed by atoms with Gasteiger partial charge in [-0.2, -0.15) is 11.8 Å². The Labute approximate surface area is 77.4 Å². The molecular formula is C8H15N3S. The highest BCUT2D eigenvalue weighted by Crippen LogP contribution is 2.13. The third kappa shape index (κ3) is 1.75. The van der Waals surface area contributed by atoms with Gasteiger partial charge < -0.3 is 10.3 Å². The molecule has 0 spiro atoms. The molecule has 0 bridgehead atoms. The molecule has 12 heavy (non-hydrogen) atoms. The van der Waals surface area contributed by atoms with E-state index in [1.807, 2.05) is 30.3 Å². The maximum absolute atomic E-state index is 5.84. The Morgan fingerprint density at radius 2 is 2.25 bits per heavy atom. The zero-order valence-corrected chi connectivity index (χ0v) is 8.61. The molecule has 0 amide bonds. The Bertz CT molecular complexity index is 268. The first-order valence-corrected chi connectivity index (χ1v) is 5.32. The van der Waals surface area contributed by atoms with E-state index >= 15 is 0 Å². The Kier molecular flexibility index (Phi) is 3.03. The molecule has 0 saturated carbocycles. The Balaban J connectivity index is 2.79. The van der Waals surface area contributed by atoms with E-state index in [2.05, 4.69) is 11.2 Å². The van der Waals surface area contributed by atoms with E-state index in [0.29, 0.717) is 0 Å². The molecule has 1 aromatic rings. The van der Waals surface area contributed by atoms with Crippen molar-refractivity contribution < 1.29 is 0 Å². The van der Waals surface area contributed by atoms with Crippen molar-refractivity contribution in [2.24, 2.45) is 7.05 Å². The van der Waals surface area contributed by atoms with E-state index in [4.69, 9.17) is 5.73 Å². The van der Waals surface area contributed by atoms with E-state index in [0.717, 1.165) is 29.5 Å². The van der Waals surface area contributed by atoms with Crippen molar-refractivity contribution in [2.75, 3.05) is 17.7 Å². The first kappa shape index (κ1) is 9.45. The lowest BCUT2D eigenvalue weighted by Gasteiger charge is -1.98. The number of thioether (sulfide) groups is 1. The number of hydrogen-bond acceptors (Lipinski definition) is 3. The average Bonchev–Trinajstić information content (AvgIpc) is 2.30. The van der Waals surface area contributed by atoms with Crippen molar-refractivity contribution in [3.8, 4) is 0 Å². The highest BCUT2D eigenvalue weighted by atomic mass is 32.2. The van der Waals surface area contributed by atoms with E-state index < -0.39 is 0 Å². The zero-order chi connectivity index (χ0) is 9.14. The summed E-state index contributed by atoms with van der Waals surface area (Å²) in [7, 11) is 1.94. The van der Waals surface area contributed by atoms with Crippen LogP contribution in [0.4, 0.5) is 5.82 Å². The van der Waals surface area contributed by atoms with Crippen LogP contribution in [0, 0.1) is 6.92 Å². The smallest absolute Gasteiger partial charge is 0.126 e. The van der Waals surface area contributed by atoms with Crippen LogP contribution in [0.3, 0.4) is 0 Å². The highest BCUT2D eigenvalue weighted by molar-refractivity contribution is 7.98. The van der Waals surface area contributed by atoms with E-state index in [1.54, 1.807) is 0 Å². The molecule has 0 aliphatic rings. The number of hydrogen-bond donors (Lipinski definition) is 1. The normalized spacial score (nSPS) is 10.6. The first-order valence-electron chi connectivity index (χ1n) is 3.93. The fourth-order valence-corrected chi connectivity index (χ4v) is 1.48. The number of anilines is 1. The third-order valence-electron chi connectivity index (χ3n) is 1.98. The van der Waals surface area contributed by atoms with Crippen LogP contribution in [0.25, 0.3) is 0 Å². The third-order valence-corrected chi connectivity index (χ3v) is 2.59. The minimum absolute atomic E-state index is 0.807. The molecular weight excluding hydrogens is 170 g/mol. The number of aryl methyl sites for hydroxylation is 2. The number of imidazole rings is 1. The summed E-state index contributed by atoms with van der Waals surface area (Å²) in [6.45, 7) is 1.97. The van der Waals surface area contributed by atoms with Crippen molar-refractivity contribution in [1.29, 1.82) is 0 Å². The predicted octanol–water partition coefficient (Wildman–Crippen LogP) is 1.22. The highest BCUT2D eigenvalue weighted by Gasteiger charge is 2.07. The topological polar surface area (TPSA) is 43.8 Å². The molecule has 0 aliphatic carbocycles. The van der Waals surface area contributed by atoms with Gasteiger partial charge >= 0.3 is 0 Å². The van der Waals surface area contributed by atoms with Crippen LogP contribution >= 0.6 is 11.8 Å². The minimum Gasteiger partial charge on any atom is -0.384 e. The van der Waals surface area contributed by atoms with Crippen LogP contribution in [-0.2, 0) is 13.5 Å². The number of nitrogen functional groups attached to an aromatic ring is 1. The molecule has 0 unspecified atom stereocenters. The molecule has 0 aliphatic heterocycles. The quantitative estimate of drug-likeness (QED) is 0.770. The first-order chi connectivity index (χ1) is 5.66. The van der Waals surface area contributed by atoms with Crippen LogP contribution in [0.15, 0.2) is 0 Å². The Morgan fingerprint density at radius 1 is 1.58 bits per heavy atom. The van der Waals surface area contributed by atoms with Gasteiger partial charge in [0.2, 0.25) is 0 Å². The van der Waals surface area contributed by atoms with Crippen molar-refractivity contribution in [3.05, 3.63) is 11.5 Å². The molecule has 0 aromatic carbocycles. The maximum atomic E-state index is 5.84. The molecule has 2 N–H and O–H groups in total. The minimum atomic E-state index is 0.807. The second-order valence-corrected chi connectivity index (χ2v) is 3.78. The molecule has 0 saturated heterocycles. The lowest BCUT2D eigenvalue weighted by molar-refractivity contribution is 0.868. The summed E-state index contributed by atoms with van der Waals surface area (Å²) in [4.78, 5) is 4.37. The van der Waals surface area contributed by atoms with E-state index in [9.17, 15) is 0 Å². The SMILES string of the molecule is CSCCc1nc(C)n(C)c1N. The molecule has 1 heterocycles. The summed E-state index contributed by atoms with van der Waals surface area (Å²) in [6, 6.07) is 0. The Hall–Kier alpha value is -0.640. The monoisotopic (exact) mass is 185 g/mol. The number of aromatic nitrogens is 2. The fraction of sp³-hybridized carbons (Fsp3) is 0.625. The average molecular weight is 185 g/mol. The van der Waals surface area contributed by atoms with E-state index in [1.165, 1.54) is 0 Å². The van der Waals surface area contributed by atoms with Gasteiger partial charge in [-0.25, -0.2) is 4.98 Å². The molecule has 4 heteroatoms. The van der Waals surface area contributed by atoms with Gasteiger partial charge in [-0.3, -0.25) is 0 Å². The fourth-order valence-electron chi connectivity index (χ4n) is 1.08. The second-order valence-electron chi connectivity index (χ2n) is 2.79. The second kappa shape index (κ2) is 3.85. The molecule has 0 atom stereocenters. The van der Waals surface area contributed by atoms with Crippen LogP contribution in [-0.4, -0.2) is 21.6 Å². The van der Waals surface area contributed by atoms with Gasteiger partial charge in [0, 0.05) is 13.5 Å². The van der Waals surface area contributed by atoms with Gasteiger partial charge in [0.15, 0.2) is 0 Å². The van der Waals surface area contributed by atoms with E-state index in [-0.39, 0.29) is 0 Å². The van der Waals surface area contributed by atoms with Gasteiger partial charge in [-0.15, -0.1) is 0 Å². The molecule has 1 rings (SSSR count). The van der Waals surface area contributed by atoms with Crippen molar-refractivity contribution in [3.63, 3.8) is 0 Å². The van der Waals surface area contributed by atoms with Gasteiger partial charge in [0.05, 0.1) is 5.69 Å². The summed E-state index contributed by atoms with van der Waals surface area (Å²) in [5.74, 6) is 2.88. The number of nitrogens with zero attached hydrogens (tertiary/aromatic N) is 2. The zero-order valence-electron chi connectivity index (χ0n) is 7.79. The summed E-state index contributed by atoms with van der Waals surface area (Å²) in [5.41, 5.74) is 6.87. The summed E-state index contributed by atoms with van der Waals surface area (Å²) < 4.78 is 1.93. The lowest BCUT2D eigenvalue weighted by atomic mass is 10.3. The van der Waals surface area contributed by atoms with Crippen molar-refractivity contribution >= 4 is 17.6 Å². The molecule has 0 fully saturated rings. The standard InChI is InChI=1S/C8H15N3S/c1-6-10-7(4-5-12-3)8(9)11(6)2/h4-5,9H2,1-3H3. The van der Waals surface area contributed by atoms with Crippen LogP contribution < -0.4 is 5.73 Å². The lowest BCUT2D eigenvalue weighted by Crippen LogP contribution is -2.00. The summed E-state index contributed by atoms with van der Waals surface area (Å²) in [5, 5.41) is 0. The van der Waals surface area contributed by atoms with Crippen molar-refractivity contribution in [2.45, 2.75) is 13.3 Å². The summed E-state index contributed by atoms with van der Waals surface area (Å²) in [6.07, 6.45) is 3.06. The van der Waals surface area contributed by atoms with Gasteiger partial charge in [-0.1, -0.05) is 0 Å².